The fourth-order valence-corrected chi connectivity index (χ4v) is 4.16. The number of piperidine rings is 1. The maximum Gasteiger partial charge on any atom is 0.263 e. The molecule has 0 aliphatic carbocycles. The van der Waals surface area contributed by atoms with E-state index in [0.717, 1.165) is 50.1 Å². The van der Waals surface area contributed by atoms with Crippen LogP contribution in [0.1, 0.15) is 53.2 Å². The van der Waals surface area contributed by atoms with Gasteiger partial charge in [0.2, 0.25) is 0 Å². The summed E-state index contributed by atoms with van der Waals surface area (Å²) in [7, 11) is 2.01. The van der Waals surface area contributed by atoms with Gasteiger partial charge in [0.25, 0.3) is 5.91 Å². The highest BCUT2D eigenvalue weighted by Gasteiger charge is 2.24. The SMILES string of the molecule is CCCc1sc(C(=O)N2CCC(NC)CC2)cc1CC.Cl. The maximum absolute atomic E-state index is 12.6. The van der Waals surface area contributed by atoms with Gasteiger partial charge in [-0.1, -0.05) is 20.3 Å². The average Bonchev–Trinajstić information content (AvgIpc) is 2.90. The van der Waals surface area contributed by atoms with E-state index < -0.39 is 0 Å². The van der Waals surface area contributed by atoms with Crippen molar-refractivity contribution < 1.29 is 4.79 Å². The van der Waals surface area contributed by atoms with Crippen molar-refractivity contribution in [1.82, 2.24) is 10.2 Å². The highest BCUT2D eigenvalue weighted by Crippen LogP contribution is 2.26. The second-order valence-corrected chi connectivity index (χ2v) is 6.65. The van der Waals surface area contributed by atoms with Crippen LogP contribution in [-0.4, -0.2) is 37.0 Å². The molecule has 2 heterocycles. The molecular formula is C16H27ClN2OS. The zero-order chi connectivity index (χ0) is 14.5. The maximum atomic E-state index is 12.6. The Labute approximate surface area is 138 Å². The van der Waals surface area contributed by atoms with Gasteiger partial charge < -0.3 is 10.2 Å². The third-order valence-electron chi connectivity index (χ3n) is 4.16. The van der Waals surface area contributed by atoms with Crippen molar-refractivity contribution in [3.8, 4) is 0 Å². The van der Waals surface area contributed by atoms with E-state index in [2.05, 4.69) is 25.2 Å². The Morgan fingerprint density at radius 2 is 2.05 bits per heavy atom. The molecule has 0 aromatic carbocycles. The Kier molecular flexibility index (Phi) is 7.71. The molecule has 0 atom stereocenters. The van der Waals surface area contributed by atoms with Crippen LogP contribution in [0.3, 0.4) is 0 Å². The molecule has 1 amide bonds. The van der Waals surface area contributed by atoms with Crippen LogP contribution in [0.15, 0.2) is 6.07 Å². The van der Waals surface area contributed by atoms with Crippen molar-refractivity contribution in [3.63, 3.8) is 0 Å². The summed E-state index contributed by atoms with van der Waals surface area (Å²) in [6.45, 7) is 6.14. The molecule has 1 N–H and O–H groups in total. The molecule has 0 bridgehead atoms. The lowest BCUT2D eigenvalue weighted by molar-refractivity contribution is 0.0712. The number of rotatable bonds is 5. The summed E-state index contributed by atoms with van der Waals surface area (Å²) in [4.78, 5) is 17.0. The third-order valence-corrected chi connectivity index (χ3v) is 5.38. The van der Waals surface area contributed by atoms with E-state index in [1.54, 1.807) is 11.3 Å². The number of thiophene rings is 1. The minimum absolute atomic E-state index is 0. The molecule has 0 unspecified atom stereocenters. The number of halogens is 1. The van der Waals surface area contributed by atoms with Crippen LogP contribution in [0.5, 0.6) is 0 Å². The van der Waals surface area contributed by atoms with Crippen LogP contribution in [0.4, 0.5) is 0 Å². The summed E-state index contributed by atoms with van der Waals surface area (Å²) < 4.78 is 0. The molecule has 1 fully saturated rings. The molecular weight excluding hydrogens is 304 g/mol. The predicted octanol–water partition coefficient (Wildman–Crippen LogP) is 3.51. The Hall–Kier alpha value is -0.580. The van der Waals surface area contributed by atoms with Crippen molar-refractivity contribution in [2.45, 2.75) is 52.0 Å². The van der Waals surface area contributed by atoms with Crippen LogP contribution >= 0.6 is 23.7 Å². The lowest BCUT2D eigenvalue weighted by Crippen LogP contribution is -2.43. The minimum Gasteiger partial charge on any atom is -0.338 e. The summed E-state index contributed by atoms with van der Waals surface area (Å²) in [5, 5.41) is 3.31. The van der Waals surface area contributed by atoms with E-state index >= 15 is 0 Å². The molecule has 1 aliphatic rings. The second kappa shape index (κ2) is 8.76. The number of nitrogens with one attached hydrogen (secondary N) is 1. The average molecular weight is 331 g/mol. The minimum atomic E-state index is 0. The van der Waals surface area contributed by atoms with Crippen LogP contribution in [-0.2, 0) is 12.8 Å². The highest BCUT2D eigenvalue weighted by molar-refractivity contribution is 7.14. The van der Waals surface area contributed by atoms with E-state index in [9.17, 15) is 4.79 Å². The Morgan fingerprint density at radius 1 is 1.38 bits per heavy atom. The summed E-state index contributed by atoms with van der Waals surface area (Å²) in [5.74, 6) is 0.238. The largest absolute Gasteiger partial charge is 0.338 e. The molecule has 120 valence electrons. The quantitative estimate of drug-likeness (QED) is 0.896. The van der Waals surface area contributed by atoms with E-state index in [0.29, 0.717) is 6.04 Å². The van der Waals surface area contributed by atoms with Gasteiger partial charge >= 0.3 is 0 Å². The van der Waals surface area contributed by atoms with Gasteiger partial charge in [0.1, 0.15) is 0 Å². The molecule has 5 heteroatoms. The number of carbonyl (C=O) groups is 1. The number of likely N-dealkylation sites (tertiary alicyclic amines) is 1. The number of hydrogen-bond acceptors (Lipinski definition) is 3. The molecule has 1 aromatic rings. The summed E-state index contributed by atoms with van der Waals surface area (Å²) in [5.41, 5.74) is 1.37. The fraction of sp³-hybridized carbons (Fsp3) is 0.688. The van der Waals surface area contributed by atoms with Crippen molar-refractivity contribution in [2.24, 2.45) is 0 Å². The zero-order valence-corrected chi connectivity index (χ0v) is 14.9. The normalized spacial score (nSPS) is 15.9. The van der Waals surface area contributed by atoms with Crippen molar-refractivity contribution in [1.29, 1.82) is 0 Å². The van der Waals surface area contributed by atoms with Crippen molar-refractivity contribution >= 4 is 29.7 Å². The van der Waals surface area contributed by atoms with Crippen LogP contribution in [0.25, 0.3) is 0 Å². The standard InChI is InChI=1S/C16H26N2OS.ClH/c1-4-6-14-12(5-2)11-15(20-14)16(19)18-9-7-13(17-3)8-10-18;/h11,13,17H,4-10H2,1-3H3;1H. The molecule has 1 aromatic heterocycles. The lowest BCUT2D eigenvalue weighted by atomic mass is 10.1. The molecule has 0 spiro atoms. The molecule has 21 heavy (non-hydrogen) atoms. The number of carbonyl (C=O) groups excluding carboxylic acids is 1. The molecule has 3 nitrogen and oxygen atoms in total. The molecule has 1 saturated heterocycles. The van der Waals surface area contributed by atoms with Gasteiger partial charge in [0, 0.05) is 24.0 Å². The Balaban J connectivity index is 0.00000220. The van der Waals surface area contributed by atoms with Crippen molar-refractivity contribution in [3.05, 3.63) is 21.4 Å². The first-order valence-electron chi connectivity index (χ1n) is 7.77. The topological polar surface area (TPSA) is 32.3 Å². The zero-order valence-electron chi connectivity index (χ0n) is 13.3. The first-order chi connectivity index (χ1) is 9.69. The van der Waals surface area contributed by atoms with Gasteiger partial charge in [-0.3, -0.25) is 4.79 Å². The highest BCUT2D eigenvalue weighted by atomic mass is 35.5. The Bertz CT molecular complexity index is 453. The summed E-state index contributed by atoms with van der Waals surface area (Å²) in [6, 6.07) is 2.70. The van der Waals surface area contributed by atoms with Crippen LogP contribution < -0.4 is 5.32 Å². The molecule has 0 saturated carbocycles. The van der Waals surface area contributed by atoms with E-state index in [-0.39, 0.29) is 18.3 Å². The number of hydrogen-bond donors (Lipinski definition) is 1. The molecule has 0 radical (unpaired) electrons. The van der Waals surface area contributed by atoms with Gasteiger partial charge in [-0.05, 0) is 44.4 Å². The molecule has 2 rings (SSSR count). The van der Waals surface area contributed by atoms with Crippen LogP contribution in [0.2, 0.25) is 0 Å². The number of aryl methyl sites for hydroxylation is 2. The predicted molar refractivity (Wildman–Crippen MR) is 92.9 cm³/mol. The smallest absolute Gasteiger partial charge is 0.263 e. The van der Waals surface area contributed by atoms with Gasteiger partial charge in [0.05, 0.1) is 4.88 Å². The molecule has 1 aliphatic heterocycles. The van der Waals surface area contributed by atoms with Gasteiger partial charge in [0.15, 0.2) is 0 Å². The monoisotopic (exact) mass is 330 g/mol. The van der Waals surface area contributed by atoms with Crippen LogP contribution in [0, 0.1) is 0 Å². The lowest BCUT2D eigenvalue weighted by Gasteiger charge is -2.31. The second-order valence-electron chi connectivity index (χ2n) is 5.52. The first kappa shape index (κ1) is 18.5. The van der Waals surface area contributed by atoms with Gasteiger partial charge in [-0.2, -0.15) is 0 Å². The number of nitrogens with zero attached hydrogens (tertiary/aromatic N) is 1. The summed E-state index contributed by atoms with van der Waals surface area (Å²) in [6.07, 6.45) is 5.41. The number of amides is 1. The van der Waals surface area contributed by atoms with Gasteiger partial charge in [-0.15, -0.1) is 23.7 Å². The van der Waals surface area contributed by atoms with E-state index in [1.807, 2.05) is 11.9 Å². The Morgan fingerprint density at radius 3 is 2.57 bits per heavy atom. The fourth-order valence-electron chi connectivity index (χ4n) is 2.84. The summed E-state index contributed by atoms with van der Waals surface area (Å²) >= 11 is 1.71. The van der Waals surface area contributed by atoms with E-state index in [1.165, 1.54) is 10.4 Å². The first-order valence-corrected chi connectivity index (χ1v) is 8.59. The van der Waals surface area contributed by atoms with Gasteiger partial charge in [-0.25, -0.2) is 0 Å². The van der Waals surface area contributed by atoms with E-state index in [4.69, 9.17) is 0 Å². The van der Waals surface area contributed by atoms with Crippen molar-refractivity contribution in [2.75, 3.05) is 20.1 Å². The third kappa shape index (κ3) is 4.44.